The zero-order valence-electron chi connectivity index (χ0n) is 12.0. The summed E-state index contributed by atoms with van der Waals surface area (Å²) in [7, 11) is 0. The highest BCUT2D eigenvalue weighted by Crippen LogP contribution is 2.30. The molecular weight excluding hydrogens is 348 g/mol. The fourth-order valence-corrected chi connectivity index (χ4v) is 4.11. The molecule has 4 heterocycles. The van der Waals surface area contributed by atoms with Gasteiger partial charge < -0.3 is 0 Å². The molecule has 0 N–H and O–H groups in total. The summed E-state index contributed by atoms with van der Waals surface area (Å²) >= 11 is 2.76. The van der Waals surface area contributed by atoms with E-state index in [-0.39, 0.29) is 11.8 Å². The van der Waals surface area contributed by atoms with Crippen LogP contribution >= 0.6 is 23.5 Å². The molecule has 0 saturated carbocycles. The van der Waals surface area contributed by atoms with Gasteiger partial charge in [0.2, 0.25) is 0 Å². The van der Waals surface area contributed by atoms with E-state index in [9.17, 15) is 9.59 Å². The Morgan fingerprint density at radius 1 is 0.833 bits per heavy atom. The van der Waals surface area contributed by atoms with Crippen LogP contribution in [0.25, 0.3) is 22.8 Å². The van der Waals surface area contributed by atoms with Crippen LogP contribution in [0.4, 0.5) is 0 Å². The van der Waals surface area contributed by atoms with E-state index in [1.54, 1.807) is 0 Å². The molecule has 24 heavy (non-hydrogen) atoms. The van der Waals surface area contributed by atoms with Crippen molar-refractivity contribution < 1.29 is 9.59 Å². The number of rotatable bonds is 2. The SMILES string of the molecule is O=C1CSc2nc(-c3cccc(-c4nc5n(n4)C(=O)CS5)c3)nn21. The molecule has 0 saturated heterocycles. The van der Waals surface area contributed by atoms with Crippen LogP contribution in [0.5, 0.6) is 0 Å². The minimum absolute atomic E-state index is 0.0624. The fraction of sp³-hybridized carbons (Fsp3) is 0.143. The number of nitrogens with zero attached hydrogens (tertiary/aromatic N) is 6. The number of carbonyl (C=O) groups excluding carboxylic acids is 2. The highest BCUT2D eigenvalue weighted by molar-refractivity contribution is 8.00. The molecule has 0 bridgehead atoms. The first-order chi connectivity index (χ1) is 11.7. The summed E-state index contributed by atoms with van der Waals surface area (Å²) in [5, 5.41) is 9.76. The Morgan fingerprint density at radius 3 is 1.79 bits per heavy atom. The standard InChI is InChI=1S/C14H8N6O2S2/c21-9-5-23-13-15-11(17-19(9)13)7-2-1-3-8(4-7)12-16-14-20(18-12)10(22)6-24-14/h1-4H,5-6H2. The molecule has 0 radical (unpaired) electrons. The van der Waals surface area contributed by atoms with Crippen LogP contribution in [0.15, 0.2) is 34.6 Å². The molecule has 2 aliphatic rings. The number of carbonyl (C=O) groups is 2. The largest absolute Gasteiger partial charge is 0.271 e. The van der Waals surface area contributed by atoms with E-state index in [4.69, 9.17) is 0 Å². The average Bonchev–Trinajstić information content (AvgIpc) is 3.32. The van der Waals surface area contributed by atoms with Crippen LogP contribution in [0.2, 0.25) is 0 Å². The van der Waals surface area contributed by atoms with E-state index in [1.807, 2.05) is 24.3 Å². The number of aromatic nitrogens is 6. The van der Waals surface area contributed by atoms with Crippen LogP contribution in [-0.4, -0.2) is 52.8 Å². The monoisotopic (exact) mass is 356 g/mol. The van der Waals surface area contributed by atoms with Gasteiger partial charge in [0.1, 0.15) is 0 Å². The second-order valence-electron chi connectivity index (χ2n) is 5.21. The van der Waals surface area contributed by atoms with Crippen LogP contribution in [-0.2, 0) is 0 Å². The van der Waals surface area contributed by atoms with Gasteiger partial charge in [0.05, 0.1) is 11.5 Å². The minimum atomic E-state index is -0.0624. The molecule has 1 aromatic carbocycles. The number of thioether (sulfide) groups is 2. The van der Waals surface area contributed by atoms with Gasteiger partial charge in [0.15, 0.2) is 22.0 Å². The van der Waals surface area contributed by atoms with Gasteiger partial charge in [0, 0.05) is 11.1 Å². The highest BCUT2D eigenvalue weighted by atomic mass is 32.2. The van der Waals surface area contributed by atoms with Crippen molar-refractivity contribution in [1.82, 2.24) is 29.5 Å². The molecule has 0 amide bonds. The lowest BCUT2D eigenvalue weighted by Crippen LogP contribution is -2.08. The first-order valence-corrected chi connectivity index (χ1v) is 9.03. The Balaban J connectivity index is 1.55. The molecule has 0 atom stereocenters. The molecule has 5 rings (SSSR count). The zero-order valence-corrected chi connectivity index (χ0v) is 13.7. The van der Waals surface area contributed by atoms with Crippen molar-refractivity contribution in [3.63, 3.8) is 0 Å². The fourth-order valence-electron chi connectivity index (χ4n) is 2.52. The van der Waals surface area contributed by atoms with Gasteiger partial charge >= 0.3 is 0 Å². The maximum absolute atomic E-state index is 11.7. The Labute approximate surface area is 143 Å². The van der Waals surface area contributed by atoms with Crippen molar-refractivity contribution in [2.24, 2.45) is 0 Å². The Bertz CT molecular complexity index is 947. The Hall–Kier alpha value is -2.46. The van der Waals surface area contributed by atoms with Gasteiger partial charge in [-0.25, -0.2) is 9.97 Å². The molecule has 10 heteroatoms. The van der Waals surface area contributed by atoms with E-state index in [0.717, 1.165) is 11.1 Å². The zero-order chi connectivity index (χ0) is 16.3. The molecule has 8 nitrogen and oxygen atoms in total. The predicted octanol–water partition coefficient (Wildman–Crippen LogP) is 1.70. The van der Waals surface area contributed by atoms with E-state index in [2.05, 4.69) is 20.2 Å². The van der Waals surface area contributed by atoms with Crippen LogP contribution in [0.1, 0.15) is 9.59 Å². The average molecular weight is 356 g/mol. The highest BCUT2D eigenvalue weighted by Gasteiger charge is 2.26. The van der Waals surface area contributed by atoms with Crippen LogP contribution < -0.4 is 0 Å². The van der Waals surface area contributed by atoms with Crippen LogP contribution in [0, 0.1) is 0 Å². The molecule has 0 spiro atoms. The molecule has 2 aliphatic heterocycles. The van der Waals surface area contributed by atoms with Crippen LogP contribution in [0.3, 0.4) is 0 Å². The van der Waals surface area contributed by atoms with Crippen molar-refractivity contribution in [2.45, 2.75) is 10.3 Å². The van der Waals surface area contributed by atoms with Gasteiger partial charge in [-0.15, -0.1) is 10.2 Å². The lowest BCUT2D eigenvalue weighted by atomic mass is 10.1. The molecule has 118 valence electrons. The molecule has 0 unspecified atom stereocenters. The summed E-state index contributed by atoms with van der Waals surface area (Å²) < 4.78 is 2.68. The van der Waals surface area contributed by atoms with Crippen molar-refractivity contribution >= 4 is 35.3 Å². The molecular formula is C14H8N6O2S2. The van der Waals surface area contributed by atoms with Crippen molar-refractivity contribution in [2.75, 3.05) is 11.5 Å². The van der Waals surface area contributed by atoms with Gasteiger partial charge in [-0.1, -0.05) is 41.7 Å². The van der Waals surface area contributed by atoms with Crippen molar-refractivity contribution in [3.05, 3.63) is 24.3 Å². The third-order valence-corrected chi connectivity index (χ3v) is 5.48. The maximum atomic E-state index is 11.7. The van der Waals surface area contributed by atoms with Gasteiger partial charge in [-0.05, 0) is 6.07 Å². The number of hydrogen-bond acceptors (Lipinski definition) is 8. The molecule has 0 fully saturated rings. The summed E-state index contributed by atoms with van der Waals surface area (Å²) in [6.45, 7) is 0. The maximum Gasteiger partial charge on any atom is 0.259 e. The summed E-state index contributed by atoms with van der Waals surface area (Å²) in [6.07, 6.45) is 0. The van der Waals surface area contributed by atoms with Crippen molar-refractivity contribution in [3.8, 4) is 22.8 Å². The molecule has 3 aromatic rings. The molecule has 2 aromatic heterocycles. The summed E-state index contributed by atoms with van der Waals surface area (Å²) in [5.41, 5.74) is 1.55. The van der Waals surface area contributed by atoms with Gasteiger partial charge in [0.25, 0.3) is 11.8 Å². The van der Waals surface area contributed by atoms with Gasteiger partial charge in [-0.2, -0.15) is 9.36 Å². The third-order valence-electron chi connectivity index (χ3n) is 3.66. The molecule has 0 aliphatic carbocycles. The summed E-state index contributed by atoms with van der Waals surface area (Å²) in [6, 6.07) is 7.45. The van der Waals surface area contributed by atoms with Crippen molar-refractivity contribution in [1.29, 1.82) is 0 Å². The first kappa shape index (κ1) is 13.9. The normalized spacial score (nSPS) is 15.8. The van der Waals surface area contributed by atoms with E-state index < -0.39 is 0 Å². The Morgan fingerprint density at radius 2 is 1.33 bits per heavy atom. The number of fused-ring (bicyclic) bond motifs is 2. The van der Waals surface area contributed by atoms with E-state index in [0.29, 0.717) is 33.5 Å². The summed E-state index contributed by atoms with van der Waals surface area (Å²) in [5.74, 6) is 1.62. The third kappa shape index (κ3) is 2.03. The summed E-state index contributed by atoms with van der Waals surface area (Å²) in [4.78, 5) is 32.2. The lowest BCUT2D eigenvalue weighted by molar-refractivity contribution is 0.0915. The predicted molar refractivity (Wildman–Crippen MR) is 87.2 cm³/mol. The van der Waals surface area contributed by atoms with E-state index >= 15 is 0 Å². The topological polar surface area (TPSA) is 95.6 Å². The number of benzene rings is 1. The number of hydrogen-bond donors (Lipinski definition) is 0. The Kier molecular flexibility index (Phi) is 2.91. The van der Waals surface area contributed by atoms with E-state index in [1.165, 1.54) is 32.9 Å². The second kappa shape index (κ2) is 5.02. The lowest BCUT2D eigenvalue weighted by Gasteiger charge is -1.99. The van der Waals surface area contributed by atoms with Gasteiger partial charge in [-0.3, -0.25) is 9.59 Å². The minimum Gasteiger partial charge on any atom is -0.271 e. The second-order valence-corrected chi connectivity index (χ2v) is 7.09. The smallest absolute Gasteiger partial charge is 0.259 e. The first-order valence-electron chi connectivity index (χ1n) is 7.06. The quantitative estimate of drug-likeness (QED) is 0.684.